The normalized spacial score (nSPS) is 17.8. The van der Waals surface area contributed by atoms with Crippen LogP contribution < -0.4 is 5.73 Å². The molecule has 0 bridgehead atoms. The molecular formula is C12H15BrClN3O2S2. The van der Waals surface area contributed by atoms with Gasteiger partial charge < -0.3 is 5.73 Å². The van der Waals surface area contributed by atoms with E-state index in [1.807, 2.05) is 4.90 Å². The van der Waals surface area contributed by atoms with E-state index >= 15 is 0 Å². The number of rotatable bonds is 4. The van der Waals surface area contributed by atoms with Gasteiger partial charge in [0.25, 0.3) is 0 Å². The third-order valence-electron chi connectivity index (χ3n) is 3.24. The van der Waals surface area contributed by atoms with Gasteiger partial charge in [0, 0.05) is 37.2 Å². The van der Waals surface area contributed by atoms with Crippen molar-refractivity contribution >= 4 is 54.8 Å². The molecule has 0 saturated carbocycles. The van der Waals surface area contributed by atoms with E-state index in [-0.39, 0.29) is 4.90 Å². The predicted octanol–water partition coefficient (Wildman–Crippen LogP) is 1.69. The molecule has 0 aliphatic carbocycles. The van der Waals surface area contributed by atoms with Crippen LogP contribution in [0.5, 0.6) is 0 Å². The van der Waals surface area contributed by atoms with E-state index in [4.69, 9.17) is 29.6 Å². The standard InChI is InChI=1S/C12H15BrClN3O2S2/c13-10-7-9(1-2-11(10)14)21(18,19)17-5-3-16(4-6-17)8-12(15)20/h1-2,7H,3-6,8H2,(H2,15,20). The number of nitrogens with zero attached hydrogens (tertiary/aromatic N) is 2. The first-order chi connectivity index (χ1) is 9.80. The molecule has 0 radical (unpaired) electrons. The van der Waals surface area contributed by atoms with Crippen molar-refractivity contribution in [3.63, 3.8) is 0 Å². The molecule has 1 aliphatic rings. The zero-order valence-electron chi connectivity index (χ0n) is 11.1. The molecule has 116 valence electrons. The number of nitrogens with two attached hydrogens (primary N) is 1. The third-order valence-corrected chi connectivity index (χ3v) is 6.48. The third kappa shape index (κ3) is 4.14. The Kier molecular flexibility index (Phi) is 5.61. The highest BCUT2D eigenvalue weighted by Gasteiger charge is 2.28. The van der Waals surface area contributed by atoms with Crippen molar-refractivity contribution in [2.45, 2.75) is 4.90 Å². The van der Waals surface area contributed by atoms with Gasteiger partial charge in [-0.2, -0.15) is 4.31 Å². The van der Waals surface area contributed by atoms with Crippen LogP contribution in [0.2, 0.25) is 5.02 Å². The van der Waals surface area contributed by atoms with Crippen molar-refractivity contribution in [3.05, 3.63) is 27.7 Å². The second-order valence-electron chi connectivity index (χ2n) is 4.72. The average molecular weight is 413 g/mol. The summed E-state index contributed by atoms with van der Waals surface area (Å²) in [5.74, 6) is 0. The van der Waals surface area contributed by atoms with Crippen LogP contribution >= 0.6 is 39.7 Å². The lowest BCUT2D eigenvalue weighted by Crippen LogP contribution is -2.50. The number of thiocarbonyl (C=S) groups is 1. The molecule has 0 unspecified atom stereocenters. The maximum atomic E-state index is 12.6. The first kappa shape index (κ1) is 17.1. The fourth-order valence-corrected chi connectivity index (χ4v) is 4.41. The summed E-state index contributed by atoms with van der Waals surface area (Å²) in [5, 5.41) is 0.482. The molecule has 0 atom stereocenters. The minimum atomic E-state index is -3.50. The molecule has 21 heavy (non-hydrogen) atoms. The van der Waals surface area contributed by atoms with Gasteiger partial charge in [-0.1, -0.05) is 23.8 Å². The maximum Gasteiger partial charge on any atom is 0.243 e. The summed E-state index contributed by atoms with van der Waals surface area (Å²) in [6.07, 6.45) is 0. The topological polar surface area (TPSA) is 66.6 Å². The first-order valence-corrected chi connectivity index (χ1v) is 9.28. The van der Waals surface area contributed by atoms with E-state index in [1.165, 1.54) is 16.4 Å². The van der Waals surface area contributed by atoms with Crippen LogP contribution in [0.3, 0.4) is 0 Å². The molecule has 1 heterocycles. The molecule has 1 saturated heterocycles. The SMILES string of the molecule is NC(=S)CN1CCN(S(=O)(=O)c2ccc(Cl)c(Br)c2)CC1. The zero-order valence-corrected chi connectivity index (χ0v) is 15.1. The molecule has 9 heteroatoms. The Labute approximate surface area is 143 Å². The second kappa shape index (κ2) is 6.89. The van der Waals surface area contributed by atoms with Crippen LogP contribution in [0.25, 0.3) is 0 Å². The van der Waals surface area contributed by atoms with E-state index in [0.717, 1.165) is 0 Å². The van der Waals surface area contributed by atoms with Crippen molar-refractivity contribution in [1.29, 1.82) is 0 Å². The van der Waals surface area contributed by atoms with Crippen molar-refractivity contribution in [1.82, 2.24) is 9.21 Å². The molecular weight excluding hydrogens is 398 g/mol. The summed E-state index contributed by atoms with van der Waals surface area (Å²) in [6.45, 7) is 2.60. The Morgan fingerprint density at radius 1 is 1.33 bits per heavy atom. The van der Waals surface area contributed by atoms with Crippen LogP contribution in [-0.2, 0) is 10.0 Å². The number of hydrogen-bond donors (Lipinski definition) is 1. The molecule has 1 fully saturated rings. The number of sulfonamides is 1. The molecule has 0 spiro atoms. The average Bonchev–Trinajstić information content (AvgIpc) is 2.41. The summed E-state index contributed by atoms with van der Waals surface area (Å²) >= 11 is 14.0. The van der Waals surface area contributed by atoms with Gasteiger partial charge in [-0.05, 0) is 34.1 Å². The lowest BCUT2D eigenvalue weighted by molar-refractivity contribution is 0.209. The second-order valence-corrected chi connectivity index (χ2v) is 8.45. The molecule has 1 aromatic carbocycles. The van der Waals surface area contributed by atoms with Crippen molar-refractivity contribution in [2.75, 3.05) is 32.7 Å². The van der Waals surface area contributed by atoms with Crippen molar-refractivity contribution < 1.29 is 8.42 Å². The van der Waals surface area contributed by atoms with Gasteiger partial charge in [-0.15, -0.1) is 0 Å². The van der Waals surface area contributed by atoms with Gasteiger partial charge in [0.05, 0.1) is 14.9 Å². The Morgan fingerprint density at radius 2 is 1.95 bits per heavy atom. The van der Waals surface area contributed by atoms with Crippen LogP contribution in [0.4, 0.5) is 0 Å². The Bertz CT molecular complexity index is 646. The molecule has 1 aliphatic heterocycles. The van der Waals surface area contributed by atoms with Gasteiger partial charge in [0.2, 0.25) is 10.0 Å². The van der Waals surface area contributed by atoms with Gasteiger partial charge in [-0.3, -0.25) is 4.90 Å². The minimum absolute atomic E-state index is 0.238. The Morgan fingerprint density at radius 3 is 2.48 bits per heavy atom. The monoisotopic (exact) mass is 411 g/mol. The number of benzene rings is 1. The number of piperazine rings is 1. The smallest absolute Gasteiger partial charge is 0.243 e. The number of hydrogen-bond acceptors (Lipinski definition) is 4. The quantitative estimate of drug-likeness (QED) is 0.762. The fourth-order valence-electron chi connectivity index (χ4n) is 2.13. The van der Waals surface area contributed by atoms with Crippen LogP contribution in [-0.4, -0.2) is 55.3 Å². The summed E-state index contributed by atoms with van der Waals surface area (Å²) in [5.41, 5.74) is 5.51. The molecule has 2 N–H and O–H groups in total. The van der Waals surface area contributed by atoms with E-state index in [0.29, 0.717) is 47.2 Å². The molecule has 0 amide bonds. The summed E-state index contributed by atoms with van der Waals surface area (Å²) in [6, 6.07) is 4.62. The summed E-state index contributed by atoms with van der Waals surface area (Å²) in [7, 11) is -3.50. The van der Waals surface area contributed by atoms with Crippen molar-refractivity contribution in [2.24, 2.45) is 5.73 Å². The van der Waals surface area contributed by atoms with E-state index < -0.39 is 10.0 Å². The van der Waals surface area contributed by atoms with E-state index in [9.17, 15) is 8.42 Å². The van der Waals surface area contributed by atoms with Crippen molar-refractivity contribution in [3.8, 4) is 0 Å². The van der Waals surface area contributed by atoms with E-state index in [1.54, 1.807) is 6.07 Å². The lowest BCUT2D eigenvalue weighted by atomic mass is 10.3. The highest BCUT2D eigenvalue weighted by molar-refractivity contribution is 9.10. The minimum Gasteiger partial charge on any atom is -0.392 e. The van der Waals surface area contributed by atoms with Crippen LogP contribution in [0.1, 0.15) is 0 Å². The highest BCUT2D eigenvalue weighted by atomic mass is 79.9. The molecule has 1 aromatic rings. The van der Waals surface area contributed by atoms with E-state index in [2.05, 4.69) is 15.9 Å². The zero-order chi connectivity index (χ0) is 15.6. The number of halogens is 2. The maximum absolute atomic E-state index is 12.6. The van der Waals surface area contributed by atoms with Crippen LogP contribution in [0, 0.1) is 0 Å². The summed E-state index contributed by atoms with van der Waals surface area (Å²) in [4.78, 5) is 2.71. The van der Waals surface area contributed by atoms with Gasteiger partial charge in [-0.25, -0.2) is 8.42 Å². The Hall–Kier alpha value is -0.250. The molecule has 0 aromatic heterocycles. The molecule has 2 rings (SSSR count). The fraction of sp³-hybridized carbons (Fsp3) is 0.417. The first-order valence-electron chi connectivity index (χ1n) is 6.26. The Balaban J connectivity index is 2.11. The van der Waals surface area contributed by atoms with Gasteiger partial charge in [0.15, 0.2) is 0 Å². The van der Waals surface area contributed by atoms with Gasteiger partial charge >= 0.3 is 0 Å². The molecule has 5 nitrogen and oxygen atoms in total. The van der Waals surface area contributed by atoms with Crippen LogP contribution in [0.15, 0.2) is 27.6 Å². The largest absolute Gasteiger partial charge is 0.392 e. The highest BCUT2D eigenvalue weighted by Crippen LogP contribution is 2.27. The predicted molar refractivity (Wildman–Crippen MR) is 91.1 cm³/mol. The van der Waals surface area contributed by atoms with Gasteiger partial charge in [0.1, 0.15) is 0 Å². The summed E-state index contributed by atoms with van der Waals surface area (Å²) < 4.78 is 27.2. The lowest BCUT2D eigenvalue weighted by Gasteiger charge is -2.33.